The first-order valence-corrected chi connectivity index (χ1v) is 8.25. The predicted octanol–water partition coefficient (Wildman–Crippen LogP) is 2.69. The van der Waals surface area contributed by atoms with E-state index < -0.39 is 5.97 Å². The number of esters is 1. The van der Waals surface area contributed by atoms with Crippen molar-refractivity contribution in [2.75, 3.05) is 0 Å². The van der Waals surface area contributed by atoms with Crippen molar-refractivity contribution < 1.29 is 13.9 Å². The van der Waals surface area contributed by atoms with Crippen LogP contribution in [-0.2, 0) is 24.3 Å². The maximum absolute atomic E-state index is 12.1. The molecule has 0 radical (unpaired) electrons. The molecule has 4 heterocycles. The third kappa shape index (κ3) is 2.77. The molecule has 0 N–H and O–H groups in total. The Balaban J connectivity index is 1.43. The normalized spacial score (nSPS) is 13.7. The van der Waals surface area contributed by atoms with Crippen molar-refractivity contribution in [2.24, 2.45) is 0 Å². The number of furan rings is 1. The molecule has 0 aromatic carbocycles. The number of hydrogen-bond donors (Lipinski definition) is 0. The summed E-state index contributed by atoms with van der Waals surface area (Å²) >= 11 is 1.38. The number of aryl methyl sites for hydroxylation is 1. The molecule has 0 saturated carbocycles. The van der Waals surface area contributed by atoms with Crippen molar-refractivity contribution >= 4 is 17.3 Å². The van der Waals surface area contributed by atoms with Gasteiger partial charge in [-0.05, 0) is 18.9 Å². The van der Waals surface area contributed by atoms with Crippen molar-refractivity contribution in [3.8, 4) is 10.6 Å². The second-order valence-corrected chi connectivity index (χ2v) is 6.13. The highest BCUT2D eigenvalue weighted by Gasteiger charge is 2.18. The fourth-order valence-corrected chi connectivity index (χ4v) is 3.34. The molecule has 0 bridgehead atoms. The van der Waals surface area contributed by atoms with Gasteiger partial charge in [0.05, 0.1) is 6.26 Å². The Kier molecular flexibility index (Phi) is 3.66. The third-order valence-electron chi connectivity index (χ3n) is 3.75. The second-order valence-electron chi connectivity index (χ2n) is 5.27. The van der Waals surface area contributed by atoms with E-state index in [9.17, 15) is 4.79 Å². The van der Waals surface area contributed by atoms with Gasteiger partial charge in [0.1, 0.15) is 17.1 Å². The van der Waals surface area contributed by atoms with Crippen LogP contribution in [0.1, 0.15) is 35.0 Å². The number of carbonyl (C=O) groups is 1. The molecule has 0 aliphatic carbocycles. The fraction of sp³-hybridized carbons (Fsp3) is 0.333. The highest BCUT2D eigenvalue weighted by atomic mass is 32.1. The Bertz CT molecular complexity index is 822. The lowest BCUT2D eigenvalue weighted by atomic mass is 10.2. The molecule has 3 aromatic heterocycles. The number of nitrogens with zero attached hydrogens (tertiary/aromatic N) is 4. The lowest BCUT2D eigenvalue weighted by Gasteiger charge is -2.14. The quantitative estimate of drug-likeness (QED) is 0.684. The van der Waals surface area contributed by atoms with Crippen LogP contribution in [0.15, 0.2) is 28.4 Å². The van der Waals surface area contributed by atoms with Crippen LogP contribution in [0.5, 0.6) is 0 Å². The standard InChI is InChI=1S/C15H14N4O3S/c20-15(11-9-23-14(16-11)10-4-6-21-7-10)22-8-13-18-17-12-3-1-2-5-19(12)13/h4,6-7,9H,1-3,5,8H2. The van der Waals surface area contributed by atoms with Gasteiger partial charge >= 0.3 is 5.97 Å². The molecule has 0 spiro atoms. The Morgan fingerprint density at radius 1 is 1.39 bits per heavy atom. The molecule has 0 amide bonds. The number of fused-ring (bicyclic) bond motifs is 1. The molecule has 1 aliphatic heterocycles. The summed E-state index contributed by atoms with van der Waals surface area (Å²) in [7, 11) is 0. The van der Waals surface area contributed by atoms with E-state index in [-0.39, 0.29) is 6.61 Å². The first kappa shape index (κ1) is 14.1. The zero-order chi connectivity index (χ0) is 15.6. The average molecular weight is 330 g/mol. The number of carbonyl (C=O) groups excluding carboxylic acids is 1. The SMILES string of the molecule is O=C(OCc1nnc2n1CCCC2)c1csc(-c2ccoc2)n1. The highest BCUT2D eigenvalue weighted by molar-refractivity contribution is 7.13. The Hall–Kier alpha value is -2.48. The van der Waals surface area contributed by atoms with Crippen LogP contribution in [0.4, 0.5) is 0 Å². The zero-order valence-corrected chi connectivity index (χ0v) is 13.1. The molecule has 0 atom stereocenters. The third-order valence-corrected chi connectivity index (χ3v) is 4.64. The smallest absolute Gasteiger partial charge is 0.358 e. The summed E-state index contributed by atoms with van der Waals surface area (Å²) < 4.78 is 12.4. The van der Waals surface area contributed by atoms with Crippen molar-refractivity contribution in [1.29, 1.82) is 0 Å². The van der Waals surface area contributed by atoms with E-state index in [1.807, 2.05) is 4.57 Å². The minimum atomic E-state index is -0.454. The number of hydrogen-bond acceptors (Lipinski definition) is 7. The lowest BCUT2D eigenvalue weighted by Crippen LogP contribution is -2.15. The largest absolute Gasteiger partial charge is 0.472 e. The van der Waals surface area contributed by atoms with Crippen molar-refractivity contribution in [1.82, 2.24) is 19.7 Å². The summed E-state index contributed by atoms with van der Waals surface area (Å²) in [6, 6.07) is 1.80. The van der Waals surface area contributed by atoms with Gasteiger partial charge in [0.15, 0.2) is 18.1 Å². The molecule has 0 saturated heterocycles. The van der Waals surface area contributed by atoms with E-state index in [2.05, 4.69) is 15.2 Å². The van der Waals surface area contributed by atoms with Gasteiger partial charge in [-0.1, -0.05) is 0 Å². The summed E-state index contributed by atoms with van der Waals surface area (Å²) in [4.78, 5) is 16.4. The number of thiazole rings is 1. The van der Waals surface area contributed by atoms with Crippen LogP contribution in [0.25, 0.3) is 10.6 Å². The zero-order valence-electron chi connectivity index (χ0n) is 12.3. The monoisotopic (exact) mass is 330 g/mol. The van der Waals surface area contributed by atoms with Gasteiger partial charge < -0.3 is 13.7 Å². The highest BCUT2D eigenvalue weighted by Crippen LogP contribution is 2.24. The molecular weight excluding hydrogens is 316 g/mol. The second kappa shape index (κ2) is 5.96. The molecule has 3 aromatic rings. The molecule has 0 unspecified atom stereocenters. The first-order valence-electron chi connectivity index (χ1n) is 7.37. The summed E-state index contributed by atoms with van der Waals surface area (Å²) in [5.41, 5.74) is 1.14. The van der Waals surface area contributed by atoms with Crippen LogP contribution < -0.4 is 0 Å². The van der Waals surface area contributed by atoms with E-state index in [1.54, 1.807) is 24.0 Å². The molecule has 0 fully saturated rings. The summed E-state index contributed by atoms with van der Waals surface area (Å²) in [5, 5.41) is 10.7. The van der Waals surface area contributed by atoms with Gasteiger partial charge in [-0.25, -0.2) is 9.78 Å². The molecule has 118 valence electrons. The first-order chi connectivity index (χ1) is 11.3. The van der Waals surface area contributed by atoms with Crippen LogP contribution in [-0.4, -0.2) is 25.7 Å². The van der Waals surface area contributed by atoms with E-state index in [0.29, 0.717) is 11.5 Å². The van der Waals surface area contributed by atoms with Crippen molar-refractivity contribution in [3.05, 3.63) is 41.3 Å². The molecule has 7 nitrogen and oxygen atoms in total. The van der Waals surface area contributed by atoms with Crippen LogP contribution in [0.3, 0.4) is 0 Å². The van der Waals surface area contributed by atoms with E-state index in [4.69, 9.17) is 9.15 Å². The summed E-state index contributed by atoms with van der Waals surface area (Å²) in [6.07, 6.45) is 6.33. The number of ether oxygens (including phenoxy) is 1. The average Bonchev–Trinajstić information content (AvgIpc) is 3.31. The Morgan fingerprint density at radius 2 is 2.35 bits per heavy atom. The molecule has 8 heteroatoms. The molecule has 1 aliphatic rings. The molecule has 23 heavy (non-hydrogen) atoms. The lowest BCUT2D eigenvalue weighted by molar-refractivity contribution is 0.0451. The number of rotatable bonds is 4. The van der Waals surface area contributed by atoms with Crippen LogP contribution in [0.2, 0.25) is 0 Å². The predicted molar refractivity (Wildman–Crippen MR) is 81.9 cm³/mol. The maximum Gasteiger partial charge on any atom is 0.358 e. The van der Waals surface area contributed by atoms with Crippen LogP contribution >= 0.6 is 11.3 Å². The van der Waals surface area contributed by atoms with Gasteiger partial charge in [0.2, 0.25) is 0 Å². The van der Waals surface area contributed by atoms with E-state index in [0.717, 1.165) is 42.2 Å². The molecule has 4 rings (SSSR count). The minimum Gasteiger partial charge on any atom is -0.472 e. The van der Waals surface area contributed by atoms with E-state index in [1.165, 1.54) is 11.3 Å². The van der Waals surface area contributed by atoms with Gasteiger partial charge in [-0.15, -0.1) is 21.5 Å². The van der Waals surface area contributed by atoms with Gasteiger partial charge in [0, 0.05) is 23.9 Å². The van der Waals surface area contributed by atoms with E-state index >= 15 is 0 Å². The van der Waals surface area contributed by atoms with Gasteiger partial charge in [-0.2, -0.15) is 0 Å². The summed E-state index contributed by atoms with van der Waals surface area (Å²) in [5.74, 6) is 1.21. The van der Waals surface area contributed by atoms with Crippen molar-refractivity contribution in [2.45, 2.75) is 32.4 Å². The minimum absolute atomic E-state index is 0.115. The van der Waals surface area contributed by atoms with Gasteiger partial charge in [0.25, 0.3) is 0 Å². The van der Waals surface area contributed by atoms with Gasteiger partial charge in [-0.3, -0.25) is 0 Å². The Labute approximate surface area is 135 Å². The topological polar surface area (TPSA) is 83.0 Å². The number of aromatic nitrogens is 4. The molecular formula is C15H14N4O3S. The van der Waals surface area contributed by atoms with Crippen molar-refractivity contribution in [3.63, 3.8) is 0 Å². The van der Waals surface area contributed by atoms with Crippen LogP contribution in [0, 0.1) is 0 Å². The maximum atomic E-state index is 12.1. The summed E-state index contributed by atoms with van der Waals surface area (Å²) in [6.45, 7) is 1.00. The fourth-order valence-electron chi connectivity index (χ4n) is 2.57. The Morgan fingerprint density at radius 3 is 3.22 bits per heavy atom.